The van der Waals surface area contributed by atoms with Crippen molar-refractivity contribution in [2.45, 2.75) is 18.9 Å². The van der Waals surface area contributed by atoms with E-state index in [1.54, 1.807) is 12.4 Å². The highest BCUT2D eigenvalue weighted by atomic mass is 32.1. The average molecular weight is 304 g/mol. The molecule has 1 atom stereocenters. The zero-order valence-corrected chi connectivity index (χ0v) is 13.2. The summed E-state index contributed by atoms with van der Waals surface area (Å²) in [5, 5.41) is 0.932. The largest absolute Gasteiger partial charge is 0.397 e. The first-order chi connectivity index (χ1) is 10.1. The molecule has 0 saturated carbocycles. The highest BCUT2D eigenvalue weighted by Crippen LogP contribution is 2.35. The molecule has 0 aromatic carbocycles. The van der Waals surface area contributed by atoms with E-state index in [9.17, 15) is 4.79 Å². The van der Waals surface area contributed by atoms with Gasteiger partial charge in [0, 0.05) is 36.9 Å². The molecule has 0 bridgehead atoms. The topological polar surface area (TPSA) is 62.5 Å². The minimum absolute atomic E-state index is 0.0676. The molecule has 21 heavy (non-hydrogen) atoms. The molecule has 2 aromatic rings. The Hall–Kier alpha value is -1.66. The summed E-state index contributed by atoms with van der Waals surface area (Å²) in [5.41, 5.74) is 6.77. The number of anilines is 1. The number of amides is 1. The summed E-state index contributed by atoms with van der Waals surface area (Å²) in [5.74, 6) is 0.0676. The third-order valence-corrected chi connectivity index (χ3v) is 5.08. The highest BCUT2D eigenvalue weighted by Gasteiger charge is 2.31. The number of likely N-dealkylation sites (N-methyl/N-ethyl adjacent to an activating group) is 1. The number of nitrogen functional groups attached to an aromatic ring is 1. The van der Waals surface area contributed by atoms with E-state index in [4.69, 9.17) is 5.73 Å². The number of rotatable bonds is 3. The van der Waals surface area contributed by atoms with Gasteiger partial charge >= 0.3 is 0 Å². The third kappa shape index (κ3) is 2.61. The Morgan fingerprint density at radius 3 is 3.10 bits per heavy atom. The van der Waals surface area contributed by atoms with E-state index < -0.39 is 0 Å². The fraction of sp³-hybridized carbons (Fsp3) is 0.467. The summed E-state index contributed by atoms with van der Waals surface area (Å²) in [7, 11) is 4.08. The smallest absolute Gasteiger partial charge is 0.266 e. The van der Waals surface area contributed by atoms with Crippen LogP contribution in [0.3, 0.4) is 0 Å². The predicted octanol–water partition coefficient (Wildman–Crippen LogP) is 2.04. The molecule has 2 aromatic heterocycles. The van der Waals surface area contributed by atoms with Crippen molar-refractivity contribution in [3.05, 3.63) is 23.3 Å². The standard InChI is InChI=1S/C15H20N4OS/c1-18(2)9-10-4-3-7-19(10)15(20)14-13(16)11-5-6-17-8-12(11)21-14/h5-6,8,10H,3-4,7,9,16H2,1-2H3. The van der Waals surface area contributed by atoms with Crippen molar-refractivity contribution in [1.82, 2.24) is 14.8 Å². The van der Waals surface area contributed by atoms with Crippen LogP contribution >= 0.6 is 11.3 Å². The average Bonchev–Trinajstić information content (AvgIpc) is 3.03. The van der Waals surface area contributed by atoms with Crippen LogP contribution in [0.1, 0.15) is 22.5 Å². The fourth-order valence-corrected chi connectivity index (χ4v) is 4.02. The molecular weight excluding hydrogens is 284 g/mol. The van der Waals surface area contributed by atoms with Crippen LogP contribution < -0.4 is 5.73 Å². The monoisotopic (exact) mass is 304 g/mol. The molecule has 1 amide bonds. The maximum Gasteiger partial charge on any atom is 0.266 e. The Kier molecular flexibility index (Phi) is 3.82. The molecule has 1 unspecified atom stereocenters. The number of carbonyl (C=O) groups is 1. The molecule has 1 saturated heterocycles. The third-order valence-electron chi connectivity index (χ3n) is 3.94. The Morgan fingerprint density at radius 2 is 2.38 bits per heavy atom. The number of pyridine rings is 1. The van der Waals surface area contributed by atoms with E-state index >= 15 is 0 Å². The molecule has 0 radical (unpaired) electrons. The number of nitrogens with zero attached hydrogens (tertiary/aromatic N) is 3. The lowest BCUT2D eigenvalue weighted by molar-refractivity contribution is 0.0722. The molecule has 0 spiro atoms. The van der Waals surface area contributed by atoms with Crippen LogP contribution in [-0.4, -0.2) is 53.9 Å². The Labute approximate surface area is 128 Å². The van der Waals surface area contributed by atoms with Crippen LogP contribution in [0, 0.1) is 0 Å². The number of nitrogens with two attached hydrogens (primary N) is 1. The molecular formula is C15H20N4OS. The number of likely N-dealkylation sites (tertiary alicyclic amines) is 1. The van der Waals surface area contributed by atoms with Gasteiger partial charge in [-0.2, -0.15) is 0 Å². The molecule has 0 aliphatic carbocycles. The van der Waals surface area contributed by atoms with Gasteiger partial charge in [0.25, 0.3) is 5.91 Å². The minimum atomic E-state index is 0.0676. The summed E-state index contributed by atoms with van der Waals surface area (Å²) in [4.78, 5) is 21.7. The van der Waals surface area contributed by atoms with Gasteiger partial charge in [-0.25, -0.2) is 0 Å². The van der Waals surface area contributed by atoms with E-state index in [0.717, 1.165) is 36.0 Å². The molecule has 1 aliphatic heterocycles. The minimum Gasteiger partial charge on any atom is -0.397 e. The molecule has 6 heteroatoms. The lowest BCUT2D eigenvalue weighted by atomic mass is 10.2. The number of aromatic nitrogens is 1. The van der Waals surface area contributed by atoms with Gasteiger partial charge in [-0.1, -0.05) is 0 Å². The zero-order valence-electron chi connectivity index (χ0n) is 12.4. The maximum atomic E-state index is 12.8. The highest BCUT2D eigenvalue weighted by molar-refractivity contribution is 7.21. The Morgan fingerprint density at radius 1 is 1.57 bits per heavy atom. The van der Waals surface area contributed by atoms with Crippen LogP contribution in [0.25, 0.3) is 10.1 Å². The first-order valence-corrected chi connectivity index (χ1v) is 7.97. The van der Waals surface area contributed by atoms with Crippen molar-refractivity contribution in [3.63, 3.8) is 0 Å². The van der Waals surface area contributed by atoms with Crippen LogP contribution in [0.4, 0.5) is 5.69 Å². The van der Waals surface area contributed by atoms with Gasteiger partial charge in [0.05, 0.1) is 10.4 Å². The predicted molar refractivity (Wildman–Crippen MR) is 86.6 cm³/mol. The quantitative estimate of drug-likeness (QED) is 0.942. The first-order valence-electron chi connectivity index (χ1n) is 7.15. The van der Waals surface area contributed by atoms with Gasteiger partial charge in [-0.3, -0.25) is 9.78 Å². The molecule has 1 aliphatic rings. The lowest BCUT2D eigenvalue weighted by Crippen LogP contribution is -2.41. The number of fused-ring (bicyclic) bond motifs is 1. The van der Waals surface area contributed by atoms with Crippen LogP contribution in [0.15, 0.2) is 18.5 Å². The van der Waals surface area contributed by atoms with Gasteiger partial charge < -0.3 is 15.5 Å². The van der Waals surface area contributed by atoms with Crippen LogP contribution in [0.2, 0.25) is 0 Å². The summed E-state index contributed by atoms with van der Waals surface area (Å²) in [6.07, 6.45) is 5.62. The summed E-state index contributed by atoms with van der Waals surface area (Å²) >= 11 is 1.45. The van der Waals surface area contributed by atoms with Crippen LogP contribution in [-0.2, 0) is 0 Å². The summed E-state index contributed by atoms with van der Waals surface area (Å²) in [6.45, 7) is 1.72. The van der Waals surface area contributed by atoms with Crippen molar-refractivity contribution in [3.8, 4) is 0 Å². The van der Waals surface area contributed by atoms with Crippen molar-refractivity contribution in [2.24, 2.45) is 0 Å². The first kappa shape index (κ1) is 14.3. The van der Waals surface area contributed by atoms with Crippen molar-refractivity contribution < 1.29 is 4.79 Å². The SMILES string of the molecule is CN(C)CC1CCCN1C(=O)c1sc2cnccc2c1N. The van der Waals surface area contributed by atoms with Crippen molar-refractivity contribution in [2.75, 3.05) is 32.9 Å². The second-order valence-electron chi connectivity index (χ2n) is 5.77. The summed E-state index contributed by atoms with van der Waals surface area (Å²) < 4.78 is 0.974. The fourth-order valence-electron chi connectivity index (χ4n) is 2.97. The molecule has 3 rings (SSSR count). The van der Waals surface area contributed by atoms with E-state index in [1.807, 2.05) is 25.1 Å². The molecule has 2 N–H and O–H groups in total. The number of hydrogen-bond donors (Lipinski definition) is 1. The second-order valence-corrected chi connectivity index (χ2v) is 6.83. The number of hydrogen-bond acceptors (Lipinski definition) is 5. The number of carbonyl (C=O) groups excluding carboxylic acids is 1. The van der Waals surface area contributed by atoms with E-state index in [0.29, 0.717) is 10.6 Å². The Bertz CT molecular complexity index is 667. The van der Waals surface area contributed by atoms with E-state index in [-0.39, 0.29) is 11.9 Å². The van der Waals surface area contributed by atoms with Crippen molar-refractivity contribution in [1.29, 1.82) is 0 Å². The number of thiophene rings is 1. The van der Waals surface area contributed by atoms with Gasteiger partial charge in [0.2, 0.25) is 0 Å². The molecule has 3 heterocycles. The second kappa shape index (κ2) is 5.61. The molecule has 5 nitrogen and oxygen atoms in total. The van der Waals surface area contributed by atoms with Gasteiger partial charge in [-0.15, -0.1) is 11.3 Å². The zero-order chi connectivity index (χ0) is 15.0. The van der Waals surface area contributed by atoms with E-state index in [2.05, 4.69) is 9.88 Å². The van der Waals surface area contributed by atoms with Gasteiger partial charge in [0.15, 0.2) is 0 Å². The van der Waals surface area contributed by atoms with Gasteiger partial charge in [-0.05, 0) is 33.0 Å². The lowest BCUT2D eigenvalue weighted by Gasteiger charge is -2.26. The van der Waals surface area contributed by atoms with E-state index in [1.165, 1.54) is 11.3 Å². The Balaban J connectivity index is 1.91. The summed E-state index contributed by atoms with van der Waals surface area (Å²) in [6, 6.07) is 2.16. The normalized spacial score (nSPS) is 18.8. The maximum absolute atomic E-state index is 12.8. The van der Waals surface area contributed by atoms with Gasteiger partial charge in [0.1, 0.15) is 4.88 Å². The van der Waals surface area contributed by atoms with Crippen molar-refractivity contribution >= 4 is 33.0 Å². The molecule has 1 fully saturated rings. The van der Waals surface area contributed by atoms with Crippen LogP contribution in [0.5, 0.6) is 0 Å². The molecule has 112 valence electrons.